The molecule has 0 amide bonds. The first-order valence-corrected chi connectivity index (χ1v) is 5.06. The fourth-order valence-electron chi connectivity index (χ4n) is 1.12. The summed E-state index contributed by atoms with van der Waals surface area (Å²) in [5, 5.41) is 0. The van der Waals surface area contributed by atoms with Crippen molar-refractivity contribution in [3.8, 4) is 11.5 Å². The molecule has 0 aromatic heterocycles. The molecule has 0 atom stereocenters. The van der Waals surface area contributed by atoms with Crippen molar-refractivity contribution in [1.82, 2.24) is 0 Å². The molecule has 1 aromatic rings. The number of anilines is 1. The van der Waals surface area contributed by atoms with E-state index in [0.29, 0.717) is 6.61 Å². The zero-order valence-corrected chi connectivity index (χ0v) is 9.54. The smallest absolute Gasteiger partial charge is 0.387 e. The van der Waals surface area contributed by atoms with Crippen LogP contribution in [0.1, 0.15) is 13.8 Å². The number of hydrogen-bond acceptors (Lipinski definition) is 3. The number of nitrogen functional groups attached to an aromatic ring is 1. The molecule has 0 heterocycles. The summed E-state index contributed by atoms with van der Waals surface area (Å²) in [6.45, 7) is 1.09. The Labute approximate surface area is 97.3 Å². The van der Waals surface area contributed by atoms with Crippen LogP contribution in [0.2, 0.25) is 0 Å². The molecule has 1 aromatic carbocycles. The number of rotatable bonds is 5. The van der Waals surface area contributed by atoms with Gasteiger partial charge in [0.25, 0.3) is 0 Å². The molecular formula is C11H14F3NO2. The predicted octanol–water partition coefficient (Wildman–Crippen LogP) is 3.04. The highest BCUT2D eigenvalue weighted by Crippen LogP contribution is 2.31. The van der Waals surface area contributed by atoms with Gasteiger partial charge in [0.1, 0.15) is 5.75 Å². The van der Waals surface area contributed by atoms with Gasteiger partial charge >= 0.3 is 6.61 Å². The Kier molecular flexibility index (Phi) is 4.48. The third kappa shape index (κ3) is 4.05. The molecule has 0 spiro atoms. The summed E-state index contributed by atoms with van der Waals surface area (Å²) in [6, 6.07) is 1.92. The van der Waals surface area contributed by atoms with Gasteiger partial charge in [0.2, 0.25) is 0 Å². The molecule has 96 valence electrons. The molecular weight excluding hydrogens is 235 g/mol. The summed E-state index contributed by atoms with van der Waals surface area (Å²) in [4.78, 5) is 0. The number of benzene rings is 1. The number of ether oxygens (including phenoxy) is 2. The summed E-state index contributed by atoms with van der Waals surface area (Å²) in [7, 11) is 0. The molecule has 0 fully saturated rings. The van der Waals surface area contributed by atoms with Gasteiger partial charge in [0, 0.05) is 12.1 Å². The summed E-state index contributed by atoms with van der Waals surface area (Å²) in [6.07, 6.45) is 0. The third-order valence-electron chi connectivity index (χ3n) is 1.85. The van der Waals surface area contributed by atoms with E-state index >= 15 is 0 Å². The Morgan fingerprint density at radius 1 is 1.24 bits per heavy atom. The lowest BCUT2D eigenvalue weighted by Crippen LogP contribution is -2.08. The third-order valence-corrected chi connectivity index (χ3v) is 1.85. The molecule has 17 heavy (non-hydrogen) atoms. The van der Waals surface area contributed by atoms with Gasteiger partial charge in [-0.25, -0.2) is 4.39 Å². The fourth-order valence-corrected chi connectivity index (χ4v) is 1.12. The minimum atomic E-state index is -3.09. The summed E-state index contributed by atoms with van der Waals surface area (Å²) >= 11 is 0. The van der Waals surface area contributed by atoms with Gasteiger partial charge < -0.3 is 15.2 Å². The second-order valence-electron chi connectivity index (χ2n) is 3.90. The first kappa shape index (κ1) is 13.5. The van der Waals surface area contributed by atoms with Gasteiger partial charge in [0.05, 0.1) is 12.3 Å². The van der Waals surface area contributed by atoms with Gasteiger partial charge in [-0.1, -0.05) is 13.8 Å². The average molecular weight is 249 g/mol. The fraction of sp³-hybridized carbons (Fsp3) is 0.455. The van der Waals surface area contributed by atoms with Crippen molar-refractivity contribution >= 4 is 5.69 Å². The van der Waals surface area contributed by atoms with Crippen molar-refractivity contribution in [1.29, 1.82) is 0 Å². The summed E-state index contributed by atoms with van der Waals surface area (Å²) in [5.41, 5.74) is 5.55. The van der Waals surface area contributed by atoms with E-state index in [1.807, 2.05) is 13.8 Å². The van der Waals surface area contributed by atoms with Crippen molar-refractivity contribution in [3.05, 3.63) is 17.9 Å². The van der Waals surface area contributed by atoms with E-state index in [1.165, 1.54) is 0 Å². The van der Waals surface area contributed by atoms with Crippen molar-refractivity contribution in [2.45, 2.75) is 20.5 Å². The summed E-state index contributed by atoms with van der Waals surface area (Å²) < 4.78 is 46.4. The van der Waals surface area contributed by atoms with Crippen molar-refractivity contribution in [3.63, 3.8) is 0 Å². The molecule has 6 heteroatoms. The predicted molar refractivity (Wildman–Crippen MR) is 57.8 cm³/mol. The van der Waals surface area contributed by atoms with E-state index in [-0.39, 0.29) is 17.4 Å². The topological polar surface area (TPSA) is 44.5 Å². The van der Waals surface area contributed by atoms with Crippen LogP contribution in [0.4, 0.5) is 18.9 Å². The molecule has 0 saturated carbocycles. The molecule has 2 N–H and O–H groups in total. The number of alkyl halides is 2. The highest BCUT2D eigenvalue weighted by molar-refractivity contribution is 5.56. The highest BCUT2D eigenvalue weighted by Gasteiger charge is 2.14. The van der Waals surface area contributed by atoms with Crippen LogP contribution in [0.15, 0.2) is 12.1 Å². The Morgan fingerprint density at radius 2 is 1.88 bits per heavy atom. The van der Waals surface area contributed by atoms with Gasteiger partial charge in [0.15, 0.2) is 11.6 Å². The minimum absolute atomic E-state index is 0.0461. The zero-order chi connectivity index (χ0) is 13.0. The van der Waals surface area contributed by atoms with Crippen LogP contribution in [0, 0.1) is 11.7 Å². The van der Waals surface area contributed by atoms with E-state index in [1.54, 1.807) is 0 Å². The number of nitrogens with two attached hydrogens (primary N) is 1. The van der Waals surface area contributed by atoms with Gasteiger partial charge in [-0.05, 0) is 5.92 Å². The van der Waals surface area contributed by atoms with Crippen molar-refractivity contribution in [2.75, 3.05) is 12.3 Å². The van der Waals surface area contributed by atoms with Crippen molar-refractivity contribution in [2.24, 2.45) is 5.92 Å². The summed E-state index contributed by atoms with van der Waals surface area (Å²) in [5.74, 6) is -1.15. The largest absolute Gasteiger partial charge is 0.491 e. The van der Waals surface area contributed by atoms with Gasteiger partial charge in [-0.3, -0.25) is 0 Å². The van der Waals surface area contributed by atoms with Crippen LogP contribution >= 0.6 is 0 Å². The van der Waals surface area contributed by atoms with E-state index in [4.69, 9.17) is 10.5 Å². The van der Waals surface area contributed by atoms with Crippen LogP contribution in [0.25, 0.3) is 0 Å². The Morgan fingerprint density at radius 3 is 2.41 bits per heavy atom. The Bertz CT molecular complexity index is 383. The molecule has 0 aliphatic heterocycles. The lowest BCUT2D eigenvalue weighted by atomic mass is 10.2. The molecule has 0 saturated heterocycles. The number of hydrogen-bond donors (Lipinski definition) is 1. The quantitative estimate of drug-likeness (QED) is 0.816. The maximum atomic E-state index is 13.2. The Balaban J connectivity index is 2.89. The SMILES string of the molecule is CC(C)COc1cc(OC(F)F)c(F)cc1N. The van der Waals surface area contributed by atoms with Gasteiger partial charge in [-0.2, -0.15) is 8.78 Å². The molecule has 1 rings (SSSR count). The minimum Gasteiger partial charge on any atom is -0.491 e. The first-order valence-electron chi connectivity index (χ1n) is 5.06. The van der Waals surface area contributed by atoms with Crippen LogP contribution in [-0.4, -0.2) is 13.2 Å². The maximum absolute atomic E-state index is 13.2. The first-order chi connectivity index (χ1) is 7.90. The maximum Gasteiger partial charge on any atom is 0.387 e. The normalized spacial score (nSPS) is 11.0. The zero-order valence-electron chi connectivity index (χ0n) is 9.54. The van der Waals surface area contributed by atoms with E-state index in [9.17, 15) is 13.2 Å². The van der Waals surface area contributed by atoms with E-state index < -0.39 is 18.2 Å². The average Bonchev–Trinajstić information content (AvgIpc) is 2.19. The van der Waals surface area contributed by atoms with E-state index in [2.05, 4.69) is 4.74 Å². The lowest BCUT2D eigenvalue weighted by molar-refractivity contribution is -0.0522. The van der Waals surface area contributed by atoms with Crippen LogP contribution in [0.3, 0.4) is 0 Å². The van der Waals surface area contributed by atoms with Crippen LogP contribution in [-0.2, 0) is 0 Å². The second kappa shape index (κ2) is 5.65. The molecule has 0 aliphatic carbocycles. The number of halogens is 3. The highest BCUT2D eigenvalue weighted by atomic mass is 19.3. The van der Waals surface area contributed by atoms with Crippen LogP contribution in [0.5, 0.6) is 11.5 Å². The van der Waals surface area contributed by atoms with Crippen molar-refractivity contribution < 1.29 is 22.6 Å². The standard InChI is InChI=1S/C11H14F3NO2/c1-6(2)5-16-10-4-9(17-11(13)14)7(12)3-8(10)15/h3-4,6,11H,5,15H2,1-2H3. The van der Waals surface area contributed by atoms with E-state index in [0.717, 1.165) is 12.1 Å². The molecule has 3 nitrogen and oxygen atoms in total. The van der Waals surface area contributed by atoms with Crippen LogP contribution < -0.4 is 15.2 Å². The molecule has 0 radical (unpaired) electrons. The molecule has 0 unspecified atom stereocenters. The Hall–Kier alpha value is -1.59. The second-order valence-corrected chi connectivity index (χ2v) is 3.90. The lowest BCUT2D eigenvalue weighted by Gasteiger charge is -2.13. The van der Waals surface area contributed by atoms with Gasteiger partial charge in [-0.15, -0.1) is 0 Å². The molecule has 0 bridgehead atoms. The molecule has 0 aliphatic rings. The monoisotopic (exact) mass is 249 g/mol.